The summed E-state index contributed by atoms with van der Waals surface area (Å²) in [5, 5.41) is 3.59. The third kappa shape index (κ3) is 3.67. The summed E-state index contributed by atoms with van der Waals surface area (Å²) in [6.07, 6.45) is 7.50. The molecular weight excluding hydrogens is 284 g/mol. The fourth-order valence-electron chi connectivity index (χ4n) is 3.04. The van der Waals surface area contributed by atoms with Crippen LogP contribution in [0, 0.1) is 11.8 Å². The molecule has 20 heavy (non-hydrogen) atoms. The van der Waals surface area contributed by atoms with E-state index in [-0.39, 0.29) is 0 Å². The average Bonchev–Trinajstić information content (AvgIpc) is 2.45. The summed E-state index contributed by atoms with van der Waals surface area (Å²) in [6, 6.07) is 6.23. The van der Waals surface area contributed by atoms with E-state index in [2.05, 4.69) is 36.7 Å². The SMILES string of the molecule is CSc1cccc(NCC2CCCCC2C)c1C(N)=S. The molecular formula is C16H24N2S2. The van der Waals surface area contributed by atoms with Gasteiger partial charge in [-0.1, -0.05) is 44.5 Å². The molecule has 2 nitrogen and oxygen atoms in total. The molecule has 2 rings (SSSR count). The van der Waals surface area contributed by atoms with E-state index in [0.29, 0.717) is 4.99 Å². The molecule has 0 bridgehead atoms. The number of hydrogen-bond donors (Lipinski definition) is 2. The zero-order valence-electron chi connectivity index (χ0n) is 12.3. The standard InChI is InChI=1S/C16H24N2S2/c1-11-6-3-4-7-12(11)10-18-13-8-5-9-14(20-2)15(13)16(17)19/h5,8-9,11-12,18H,3-4,6-7,10H2,1-2H3,(H2,17,19). The van der Waals surface area contributed by atoms with Gasteiger partial charge < -0.3 is 11.1 Å². The van der Waals surface area contributed by atoms with Crippen LogP contribution >= 0.6 is 24.0 Å². The first-order valence-electron chi connectivity index (χ1n) is 7.34. The van der Waals surface area contributed by atoms with Crippen LogP contribution in [0.2, 0.25) is 0 Å². The molecule has 2 unspecified atom stereocenters. The largest absolute Gasteiger partial charge is 0.389 e. The second-order valence-corrected chi connectivity index (χ2v) is 6.94. The molecule has 3 N–H and O–H groups in total. The Morgan fingerprint density at radius 2 is 2.15 bits per heavy atom. The molecule has 0 aromatic heterocycles. The van der Waals surface area contributed by atoms with E-state index >= 15 is 0 Å². The highest BCUT2D eigenvalue weighted by Gasteiger charge is 2.21. The first-order valence-corrected chi connectivity index (χ1v) is 8.97. The Labute approximate surface area is 131 Å². The van der Waals surface area contributed by atoms with Gasteiger partial charge in [0.1, 0.15) is 4.99 Å². The molecule has 1 aliphatic rings. The van der Waals surface area contributed by atoms with Crippen molar-refractivity contribution in [2.24, 2.45) is 17.6 Å². The monoisotopic (exact) mass is 308 g/mol. The second kappa shape index (κ2) is 7.32. The van der Waals surface area contributed by atoms with Gasteiger partial charge in [-0.05, 0) is 36.6 Å². The summed E-state index contributed by atoms with van der Waals surface area (Å²) < 4.78 is 0. The van der Waals surface area contributed by atoms with Gasteiger partial charge in [-0.15, -0.1) is 11.8 Å². The maximum absolute atomic E-state index is 5.91. The van der Waals surface area contributed by atoms with Crippen molar-refractivity contribution < 1.29 is 0 Å². The van der Waals surface area contributed by atoms with Crippen LogP contribution in [0.25, 0.3) is 0 Å². The molecule has 0 spiro atoms. The van der Waals surface area contributed by atoms with Gasteiger partial charge in [0.05, 0.1) is 0 Å². The highest BCUT2D eigenvalue weighted by atomic mass is 32.2. The minimum atomic E-state index is 0.481. The van der Waals surface area contributed by atoms with Gasteiger partial charge in [-0.2, -0.15) is 0 Å². The molecule has 1 saturated carbocycles. The lowest BCUT2D eigenvalue weighted by Crippen LogP contribution is -2.25. The van der Waals surface area contributed by atoms with Crippen LogP contribution in [0.4, 0.5) is 5.69 Å². The Bertz CT molecular complexity index is 474. The van der Waals surface area contributed by atoms with Crippen molar-refractivity contribution in [3.8, 4) is 0 Å². The number of thioether (sulfide) groups is 1. The van der Waals surface area contributed by atoms with Gasteiger partial charge in [0, 0.05) is 22.7 Å². The third-order valence-corrected chi connectivity index (χ3v) is 5.32. The maximum Gasteiger partial charge on any atom is 0.107 e. The highest BCUT2D eigenvalue weighted by Crippen LogP contribution is 2.31. The summed E-state index contributed by atoms with van der Waals surface area (Å²) in [6.45, 7) is 3.40. The number of hydrogen-bond acceptors (Lipinski definition) is 3. The zero-order chi connectivity index (χ0) is 14.5. The van der Waals surface area contributed by atoms with E-state index in [0.717, 1.165) is 34.5 Å². The summed E-state index contributed by atoms with van der Waals surface area (Å²) in [5.41, 5.74) is 7.99. The van der Waals surface area contributed by atoms with E-state index in [1.165, 1.54) is 25.7 Å². The molecule has 0 amide bonds. The number of rotatable bonds is 5. The van der Waals surface area contributed by atoms with E-state index in [9.17, 15) is 0 Å². The fraction of sp³-hybridized carbons (Fsp3) is 0.562. The van der Waals surface area contributed by atoms with Gasteiger partial charge in [0.25, 0.3) is 0 Å². The van der Waals surface area contributed by atoms with Crippen LogP contribution in [-0.4, -0.2) is 17.8 Å². The molecule has 1 fully saturated rings. The Kier molecular flexibility index (Phi) is 5.73. The number of anilines is 1. The van der Waals surface area contributed by atoms with Gasteiger partial charge in [0.15, 0.2) is 0 Å². The quantitative estimate of drug-likeness (QED) is 0.629. The predicted octanol–water partition coefficient (Wildman–Crippen LogP) is 4.28. The van der Waals surface area contributed by atoms with E-state index in [1.54, 1.807) is 11.8 Å². The lowest BCUT2D eigenvalue weighted by Gasteiger charge is -2.29. The van der Waals surface area contributed by atoms with Gasteiger partial charge in [-0.25, -0.2) is 0 Å². The van der Waals surface area contributed by atoms with Crippen molar-refractivity contribution in [1.29, 1.82) is 0 Å². The molecule has 4 heteroatoms. The van der Waals surface area contributed by atoms with Crippen LogP contribution in [-0.2, 0) is 0 Å². The van der Waals surface area contributed by atoms with Gasteiger partial charge in [0.2, 0.25) is 0 Å². The van der Waals surface area contributed by atoms with Crippen molar-refractivity contribution in [3.63, 3.8) is 0 Å². The topological polar surface area (TPSA) is 38.0 Å². The summed E-state index contributed by atoms with van der Waals surface area (Å²) in [7, 11) is 0. The van der Waals surface area contributed by atoms with E-state index in [1.807, 2.05) is 0 Å². The van der Waals surface area contributed by atoms with Crippen molar-refractivity contribution >= 4 is 34.7 Å². The number of thiocarbonyl (C=S) groups is 1. The number of benzene rings is 1. The Morgan fingerprint density at radius 3 is 2.80 bits per heavy atom. The third-order valence-electron chi connectivity index (χ3n) is 4.34. The molecule has 0 radical (unpaired) electrons. The highest BCUT2D eigenvalue weighted by molar-refractivity contribution is 7.98. The molecule has 1 aliphatic carbocycles. The molecule has 2 atom stereocenters. The Morgan fingerprint density at radius 1 is 1.40 bits per heavy atom. The lowest BCUT2D eigenvalue weighted by atomic mass is 9.80. The van der Waals surface area contributed by atoms with Crippen LogP contribution in [0.15, 0.2) is 23.1 Å². The summed E-state index contributed by atoms with van der Waals surface area (Å²) in [5.74, 6) is 1.58. The van der Waals surface area contributed by atoms with Crippen LogP contribution in [0.3, 0.4) is 0 Å². The van der Waals surface area contributed by atoms with E-state index in [4.69, 9.17) is 18.0 Å². The molecule has 110 valence electrons. The minimum Gasteiger partial charge on any atom is -0.389 e. The molecule has 0 saturated heterocycles. The van der Waals surface area contributed by atoms with Gasteiger partial charge in [-0.3, -0.25) is 0 Å². The second-order valence-electron chi connectivity index (χ2n) is 5.65. The summed E-state index contributed by atoms with van der Waals surface area (Å²) >= 11 is 6.91. The summed E-state index contributed by atoms with van der Waals surface area (Å²) in [4.78, 5) is 1.63. The van der Waals surface area contributed by atoms with Crippen molar-refractivity contribution in [1.82, 2.24) is 0 Å². The predicted molar refractivity (Wildman–Crippen MR) is 93.7 cm³/mol. The lowest BCUT2D eigenvalue weighted by molar-refractivity contribution is 0.268. The number of nitrogens with two attached hydrogens (primary N) is 1. The van der Waals surface area contributed by atoms with Crippen molar-refractivity contribution in [2.45, 2.75) is 37.5 Å². The van der Waals surface area contributed by atoms with E-state index < -0.39 is 0 Å². The van der Waals surface area contributed by atoms with Crippen molar-refractivity contribution in [3.05, 3.63) is 23.8 Å². The van der Waals surface area contributed by atoms with Gasteiger partial charge >= 0.3 is 0 Å². The van der Waals surface area contributed by atoms with Crippen LogP contribution in [0.5, 0.6) is 0 Å². The normalized spacial score (nSPS) is 22.5. The zero-order valence-corrected chi connectivity index (χ0v) is 13.9. The Balaban J connectivity index is 2.10. The smallest absolute Gasteiger partial charge is 0.107 e. The first kappa shape index (κ1) is 15.6. The fourth-order valence-corrected chi connectivity index (χ4v) is 3.96. The molecule has 1 aromatic rings. The number of nitrogens with one attached hydrogen (secondary N) is 1. The molecule has 0 aliphatic heterocycles. The average molecular weight is 309 g/mol. The van der Waals surface area contributed by atoms with Crippen LogP contribution < -0.4 is 11.1 Å². The molecule has 0 heterocycles. The molecule has 1 aromatic carbocycles. The maximum atomic E-state index is 5.91. The van der Waals surface area contributed by atoms with Crippen LogP contribution in [0.1, 0.15) is 38.2 Å². The minimum absolute atomic E-state index is 0.481. The first-order chi connectivity index (χ1) is 9.63. The Hall–Kier alpha value is -0.740. The van der Waals surface area contributed by atoms with Crippen molar-refractivity contribution in [2.75, 3.05) is 18.1 Å².